The quantitative estimate of drug-likeness (QED) is 0.476. The second-order valence-electron chi connectivity index (χ2n) is 9.89. The van der Waals surface area contributed by atoms with Crippen LogP contribution >= 0.6 is 0 Å². The highest BCUT2D eigenvalue weighted by atomic mass is 19.1. The van der Waals surface area contributed by atoms with Gasteiger partial charge in [0.05, 0.1) is 6.04 Å². The number of nitrogens with one attached hydrogen (secondary N) is 1. The highest BCUT2D eigenvalue weighted by Gasteiger charge is 2.40. The predicted octanol–water partition coefficient (Wildman–Crippen LogP) is 4.59. The zero-order chi connectivity index (χ0) is 27.7. The SMILES string of the molecule is CC[C@H]1CCCN2CC1n1cc(C(=O)NCc3c(F)cc(F)cc3F)c(=O)c(OCc3ccccc3)c1C2=O. The Balaban J connectivity index is 1.56. The summed E-state index contributed by atoms with van der Waals surface area (Å²) >= 11 is 0. The van der Waals surface area contributed by atoms with Crippen LogP contribution in [0, 0.1) is 23.4 Å². The van der Waals surface area contributed by atoms with Crippen molar-refractivity contribution in [3.8, 4) is 5.75 Å². The highest BCUT2D eigenvalue weighted by Crippen LogP contribution is 2.37. The van der Waals surface area contributed by atoms with E-state index in [2.05, 4.69) is 12.2 Å². The van der Waals surface area contributed by atoms with Gasteiger partial charge in [0.2, 0.25) is 5.43 Å². The van der Waals surface area contributed by atoms with E-state index in [1.165, 1.54) is 6.20 Å². The molecule has 2 aliphatic heterocycles. The number of halogens is 3. The summed E-state index contributed by atoms with van der Waals surface area (Å²) in [6, 6.07) is 9.94. The molecule has 1 aromatic heterocycles. The Morgan fingerprint density at radius 3 is 2.51 bits per heavy atom. The molecular weight excluding hydrogens is 511 g/mol. The van der Waals surface area contributed by atoms with Crippen molar-refractivity contribution >= 4 is 11.8 Å². The molecule has 7 nitrogen and oxygen atoms in total. The molecule has 2 atom stereocenters. The first-order valence-electron chi connectivity index (χ1n) is 12.9. The van der Waals surface area contributed by atoms with Crippen LogP contribution in [0.5, 0.6) is 5.75 Å². The van der Waals surface area contributed by atoms with Crippen LogP contribution in [0.2, 0.25) is 0 Å². The number of benzene rings is 2. The van der Waals surface area contributed by atoms with Gasteiger partial charge in [-0.1, -0.05) is 43.7 Å². The van der Waals surface area contributed by atoms with Crippen molar-refractivity contribution in [2.75, 3.05) is 13.1 Å². The van der Waals surface area contributed by atoms with Gasteiger partial charge in [0.15, 0.2) is 11.4 Å². The number of fused-ring (bicyclic) bond motifs is 4. The summed E-state index contributed by atoms with van der Waals surface area (Å²) in [4.78, 5) is 42.1. The molecule has 39 heavy (non-hydrogen) atoms. The van der Waals surface area contributed by atoms with E-state index in [4.69, 9.17) is 4.74 Å². The lowest BCUT2D eigenvalue weighted by molar-refractivity contribution is 0.0654. The normalized spacial score (nSPS) is 18.4. The van der Waals surface area contributed by atoms with Crippen LogP contribution in [-0.4, -0.2) is 34.4 Å². The lowest BCUT2D eigenvalue weighted by atomic mass is 9.91. The molecule has 2 amide bonds. The van der Waals surface area contributed by atoms with E-state index >= 15 is 0 Å². The van der Waals surface area contributed by atoms with Crippen molar-refractivity contribution in [1.29, 1.82) is 0 Å². The van der Waals surface area contributed by atoms with Gasteiger partial charge in [-0.3, -0.25) is 14.4 Å². The lowest BCUT2D eigenvalue weighted by Crippen LogP contribution is -2.46. The van der Waals surface area contributed by atoms with Gasteiger partial charge >= 0.3 is 0 Å². The predicted molar refractivity (Wildman–Crippen MR) is 137 cm³/mol. The van der Waals surface area contributed by atoms with Crippen molar-refractivity contribution < 1.29 is 27.5 Å². The van der Waals surface area contributed by atoms with E-state index in [1.54, 1.807) is 9.47 Å². The molecule has 2 aliphatic rings. The van der Waals surface area contributed by atoms with E-state index in [0.717, 1.165) is 24.8 Å². The molecule has 1 unspecified atom stereocenters. The van der Waals surface area contributed by atoms with Gasteiger partial charge in [-0.05, 0) is 24.3 Å². The van der Waals surface area contributed by atoms with Crippen LogP contribution in [0.25, 0.3) is 0 Å². The smallest absolute Gasteiger partial charge is 0.274 e. The van der Waals surface area contributed by atoms with Crippen molar-refractivity contribution in [2.24, 2.45) is 5.92 Å². The van der Waals surface area contributed by atoms with Crippen LogP contribution in [0.15, 0.2) is 53.5 Å². The first kappa shape index (κ1) is 26.5. The maximum atomic E-state index is 14.1. The first-order chi connectivity index (χ1) is 18.8. The maximum absolute atomic E-state index is 14.1. The lowest BCUT2D eigenvalue weighted by Gasteiger charge is -2.37. The highest BCUT2D eigenvalue weighted by molar-refractivity contribution is 5.99. The van der Waals surface area contributed by atoms with Gasteiger partial charge in [0.25, 0.3) is 11.8 Å². The molecule has 1 N–H and O–H groups in total. The number of rotatable bonds is 7. The monoisotopic (exact) mass is 539 g/mol. The third-order valence-corrected chi connectivity index (χ3v) is 7.52. The summed E-state index contributed by atoms with van der Waals surface area (Å²) in [5, 5.41) is 2.36. The Morgan fingerprint density at radius 2 is 1.82 bits per heavy atom. The molecule has 3 heterocycles. The largest absolute Gasteiger partial charge is 0.483 e. The second kappa shape index (κ2) is 11.0. The minimum absolute atomic E-state index is 0.00466. The summed E-state index contributed by atoms with van der Waals surface area (Å²) in [5.74, 6) is -4.66. The molecule has 0 radical (unpaired) electrons. The average Bonchev–Trinajstić information content (AvgIpc) is 3.11. The fourth-order valence-corrected chi connectivity index (χ4v) is 5.44. The van der Waals surface area contributed by atoms with Crippen LogP contribution < -0.4 is 15.5 Å². The van der Waals surface area contributed by atoms with Crippen LogP contribution in [0.3, 0.4) is 0 Å². The molecule has 0 aliphatic carbocycles. The summed E-state index contributed by atoms with van der Waals surface area (Å²) in [5.41, 5.74) is -0.787. The zero-order valence-electron chi connectivity index (χ0n) is 21.4. The van der Waals surface area contributed by atoms with Crippen molar-refractivity contribution in [1.82, 2.24) is 14.8 Å². The minimum atomic E-state index is -1.16. The van der Waals surface area contributed by atoms with Gasteiger partial charge < -0.3 is 19.5 Å². The minimum Gasteiger partial charge on any atom is -0.483 e. The van der Waals surface area contributed by atoms with Crippen LogP contribution in [0.1, 0.15) is 64.2 Å². The molecule has 0 spiro atoms. The molecule has 2 bridgehead atoms. The first-order valence-corrected chi connectivity index (χ1v) is 12.9. The van der Waals surface area contributed by atoms with E-state index in [1.807, 2.05) is 30.3 Å². The van der Waals surface area contributed by atoms with Gasteiger partial charge in [0, 0.05) is 43.5 Å². The Kier molecular flexibility index (Phi) is 7.45. The number of hydrogen-bond donors (Lipinski definition) is 1. The Morgan fingerprint density at radius 1 is 1.10 bits per heavy atom. The fourth-order valence-electron chi connectivity index (χ4n) is 5.44. The number of pyridine rings is 1. The molecule has 1 saturated heterocycles. The van der Waals surface area contributed by atoms with E-state index in [9.17, 15) is 27.6 Å². The van der Waals surface area contributed by atoms with Crippen molar-refractivity contribution in [3.63, 3.8) is 0 Å². The molecule has 10 heteroatoms. The number of hydrogen-bond acceptors (Lipinski definition) is 4. The average molecular weight is 540 g/mol. The number of ether oxygens (including phenoxy) is 1. The Bertz CT molecular complexity index is 1450. The van der Waals surface area contributed by atoms with Gasteiger partial charge in [-0.15, -0.1) is 0 Å². The summed E-state index contributed by atoms with van der Waals surface area (Å²) < 4.78 is 49.2. The van der Waals surface area contributed by atoms with Gasteiger partial charge in [-0.2, -0.15) is 0 Å². The number of amides is 2. The third-order valence-electron chi connectivity index (χ3n) is 7.52. The Hall–Kier alpha value is -4.08. The Labute approximate surface area is 223 Å². The number of carbonyl (C=O) groups excluding carboxylic acids is 2. The third kappa shape index (κ3) is 5.15. The summed E-state index contributed by atoms with van der Waals surface area (Å²) in [7, 11) is 0. The van der Waals surface area contributed by atoms with Crippen molar-refractivity contribution in [3.05, 3.63) is 98.7 Å². The van der Waals surface area contributed by atoms with Crippen LogP contribution in [-0.2, 0) is 13.2 Å². The topological polar surface area (TPSA) is 80.6 Å². The number of carbonyl (C=O) groups is 2. The molecule has 0 saturated carbocycles. The maximum Gasteiger partial charge on any atom is 0.274 e. The standard InChI is InChI=1S/C29H28F3N3O4/c1-2-18-9-6-10-34-15-24(18)35-14-21(28(37)33-13-20-22(31)11-19(30)12-23(20)32)26(36)27(25(35)29(34)38)39-16-17-7-4-3-5-8-17/h3-5,7-8,11-12,14,18,24H,2,6,9-10,13,15-16H2,1H3,(H,33,37)/t18-,24?/m0/s1. The van der Waals surface area contributed by atoms with Crippen molar-refractivity contribution in [2.45, 2.75) is 45.4 Å². The summed E-state index contributed by atoms with van der Waals surface area (Å²) in [6.45, 7) is 2.46. The molecule has 204 valence electrons. The molecule has 2 aromatic carbocycles. The molecule has 3 aromatic rings. The molecular formula is C29H28F3N3O4. The van der Waals surface area contributed by atoms with Crippen LogP contribution in [0.4, 0.5) is 13.2 Å². The second-order valence-corrected chi connectivity index (χ2v) is 9.89. The zero-order valence-corrected chi connectivity index (χ0v) is 21.4. The van der Waals surface area contributed by atoms with E-state index in [0.29, 0.717) is 25.2 Å². The van der Waals surface area contributed by atoms with E-state index < -0.39 is 40.9 Å². The summed E-state index contributed by atoms with van der Waals surface area (Å²) in [6.07, 6.45) is 3.89. The molecule has 5 rings (SSSR count). The van der Waals surface area contributed by atoms with E-state index in [-0.39, 0.29) is 41.5 Å². The number of nitrogens with zero attached hydrogens (tertiary/aromatic N) is 2. The fraction of sp³-hybridized carbons (Fsp3) is 0.345. The number of aromatic nitrogens is 1. The van der Waals surface area contributed by atoms with Gasteiger partial charge in [0.1, 0.15) is 29.6 Å². The van der Waals surface area contributed by atoms with Gasteiger partial charge in [-0.25, -0.2) is 13.2 Å². The molecule has 1 fully saturated rings.